The molecule has 13 heavy (non-hydrogen) atoms. The molecule has 0 rings (SSSR count). The van der Waals surface area contributed by atoms with Crippen molar-refractivity contribution >= 4 is 5.97 Å². The molecule has 0 radical (unpaired) electrons. The van der Waals surface area contributed by atoms with E-state index in [9.17, 15) is 14.9 Å². The molecule has 76 valence electrons. The normalized spacial score (nSPS) is 16.3. The summed E-state index contributed by atoms with van der Waals surface area (Å²) in [5.41, 5.74) is -1.06. The van der Waals surface area contributed by atoms with Gasteiger partial charge in [0, 0.05) is 17.8 Å². The fourth-order valence-electron chi connectivity index (χ4n) is 0.980. The van der Waals surface area contributed by atoms with E-state index in [4.69, 9.17) is 5.11 Å². The van der Waals surface area contributed by atoms with Crippen molar-refractivity contribution in [3.63, 3.8) is 0 Å². The van der Waals surface area contributed by atoms with E-state index in [1.165, 1.54) is 20.8 Å². The Morgan fingerprint density at radius 2 is 1.85 bits per heavy atom. The summed E-state index contributed by atoms with van der Waals surface area (Å²) in [7, 11) is 0. The second-order valence-electron chi connectivity index (χ2n) is 3.84. The highest BCUT2D eigenvalue weighted by Gasteiger charge is 2.41. The summed E-state index contributed by atoms with van der Waals surface area (Å²) < 4.78 is 0. The Balaban J connectivity index is 4.67. The molecule has 0 aliphatic carbocycles. The maximum Gasteiger partial charge on any atom is 0.309 e. The van der Waals surface area contributed by atoms with Crippen LogP contribution in [-0.4, -0.2) is 22.0 Å². The number of hydrogen-bond donors (Lipinski definition) is 1. The van der Waals surface area contributed by atoms with Crippen molar-refractivity contribution in [2.75, 3.05) is 0 Å². The van der Waals surface area contributed by atoms with Gasteiger partial charge in [0.2, 0.25) is 6.04 Å². The maximum atomic E-state index is 10.8. The highest BCUT2D eigenvalue weighted by Crippen LogP contribution is 2.30. The second kappa shape index (κ2) is 3.72. The fraction of sp³-hybridized carbons (Fsp3) is 0.875. The predicted octanol–water partition coefficient (Wildman–Crippen LogP) is 1.40. The van der Waals surface area contributed by atoms with Crippen LogP contribution in [0.15, 0.2) is 0 Å². The molecule has 5 heteroatoms. The summed E-state index contributed by atoms with van der Waals surface area (Å²) in [4.78, 5) is 20.7. The number of carboxylic acids is 1. The quantitative estimate of drug-likeness (QED) is 0.535. The van der Waals surface area contributed by atoms with Crippen molar-refractivity contribution in [3.8, 4) is 0 Å². The standard InChI is InChI=1S/C8H15NO4/c1-5(6(2)9(12)13)8(3,4)7(10)11/h5-6H,1-4H3,(H,10,11). The number of aliphatic carboxylic acids is 1. The molecule has 0 bridgehead atoms. The first-order valence-electron chi connectivity index (χ1n) is 4.08. The van der Waals surface area contributed by atoms with Crippen LogP contribution in [0.3, 0.4) is 0 Å². The lowest BCUT2D eigenvalue weighted by Gasteiger charge is -2.27. The van der Waals surface area contributed by atoms with Crippen molar-refractivity contribution in [1.82, 2.24) is 0 Å². The van der Waals surface area contributed by atoms with Gasteiger partial charge in [0.25, 0.3) is 0 Å². The third-order valence-corrected chi connectivity index (χ3v) is 2.75. The van der Waals surface area contributed by atoms with Crippen LogP contribution in [0, 0.1) is 21.4 Å². The zero-order valence-corrected chi connectivity index (χ0v) is 8.27. The molecule has 0 amide bonds. The Kier molecular flexibility index (Phi) is 3.40. The number of hydrogen-bond acceptors (Lipinski definition) is 3. The predicted molar refractivity (Wildman–Crippen MR) is 47.0 cm³/mol. The van der Waals surface area contributed by atoms with Gasteiger partial charge in [0.15, 0.2) is 0 Å². The molecule has 0 aliphatic rings. The molecule has 0 heterocycles. The summed E-state index contributed by atoms with van der Waals surface area (Å²) >= 11 is 0. The molecule has 2 atom stereocenters. The highest BCUT2D eigenvalue weighted by atomic mass is 16.6. The van der Waals surface area contributed by atoms with Crippen LogP contribution in [0.4, 0.5) is 0 Å². The van der Waals surface area contributed by atoms with Gasteiger partial charge in [-0.05, 0) is 13.8 Å². The van der Waals surface area contributed by atoms with Crippen molar-refractivity contribution in [2.45, 2.75) is 33.7 Å². The van der Waals surface area contributed by atoms with Gasteiger partial charge in [-0.2, -0.15) is 0 Å². The molecule has 0 spiro atoms. The molecule has 5 nitrogen and oxygen atoms in total. The minimum Gasteiger partial charge on any atom is -0.481 e. The van der Waals surface area contributed by atoms with Crippen LogP contribution in [0.1, 0.15) is 27.7 Å². The molecule has 1 N–H and O–H groups in total. The van der Waals surface area contributed by atoms with Crippen molar-refractivity contribution in [3.05, 3.63) is 10.1 Å². The van der Waals surface area contributed by atoms with E-state index in [-0.39, 0.29) is 0 Å². The summed E-state index contributed by atoms with van der Waals surface area (Å²) in [6.07, 6.45) is 0. The first kappa shape index (κ1) is 11.9. The molecule has 0 aromatic rings. The van der Waals surface area contributed by atoms with Gasteiger partial charge in [-0.15, -0.1) is 0 Å². The van der Waals surface area contributed by atoms with E-state index in [1.807, 2.05) is 0 Å². The van der Waals surface area contributed by atoms with Crippen molar-refractivity contribution in [2.24, 2.45) is 11.3 Å². The summed E-state index contributed by atoms with van der Waals surface area (Å²) in [6, 6.07) is -0.842. The van der Waals surface area contributed by atoms with Crippen LogP contribution in [0.2, 0.25) is 0 Å². The number of nitro groups is 1. The van der Waals surface area contributed by atoms with E-state index < -0.39 is 28.3 Å². The number of nitrogens with zero attached hydrogens (tertiary/aromatic N) is 1. The summed E-state index contributed by atoms with van der Waals surface area (Å²) in [6.45, 7) is 6.01. The largest absolute Gasteiger partial charge is 0.481 e. The number of rotatable bonds is 4. The Hall–Kier alpha value is -1.13. The first-order valence-corrected chi connectivity index (χ1v) is 4.08. The smallest absolute Gasteiger partial charge is 0.309 e. The van der Waals surface area contributed by atoms with Gasteiger partial charge < -0.3 is 5.11 Å². The molecule has 0 aromatic heterocycles. The molecule has 0 saturated heterocycles. The topological polar surface area (TPSA) is 80.4 Å². The first-order chi connectivity index (χ1) is 5.71. The lowest BCUT2D eigenvalue weighted by Crippen LogP contribution is -2.40. The molecular formula is C8H15NO4. The van der Waals surface area contributed by atoms with E-state index in [2.05, 4.69) is 0 Å². The van der Waals surface area contributed by atoms with E-state index in [0.717, 1.165) is 0 Å². The minimum absolute atomic E-state index is 0.449. The molecule has 0 aliphatic heterocycles. The van der Waals surface area contributed by atoms with Crippen LogP contribution in [0.25, 0.3) is 0 Å². The molecule has 0 aromatic carbocycles. The van der Waals surface area contributed by atoms with Crippen molar-refractivity contribution < 1.29 is 14.8 Å². The number of carbonyl (C=O) groups is 1. The highest BCUT2D eigenvalue weighted by molar-refractivity contribution is 5.74. The summed E-state index contributed by atoms with van der Waals surface area (Å²) in [5, 5.41) is 19.2. The monoisotopic (exact) mass is 189 g/mol. The fourth-order valence-corrected chi connectivity index (χ4v) is 0.980. The van der Waals surface area contributed by atoms with E-state index >= 15 is 0 Å². The van der Waals surface area contributed by atoms with Gasteiger partial charge in [-0.25, -0.2) is 0 Å². The average Bonchev–Trinajstić information content (AvgIpc) is 2.01. The third kappa shape index (κ3) is 2.40. The molecule has 2 unspecified atom stereocenters. The Labute approximate surface area is 76.9 Å². The Morgan fingerprint density at radius 1 is 1.46 bits per heavy atom. The van der Waals surface area contributed by atoms with Crippen LogP contribution < -0.4 is 0 Å². The maximum absolute atomic E-state index is 10.8. The summed E-state index contributed by atoms with van der Waals surface area (Å²) in [5.74, 6) is -1.51. The molecule has 0 saturated carbocycles. The van der Waals surface area contributed by atoms with Crippen LogP contribution >= 0.6 is 0 Å². The zero-order valence-electron chi connectivity index (χ0n) is 8.27. The minimum atomic E-state index is -1.06. The number of carboxylic acid groups (broad SMARTS) is 1. The van der Waals surface area contributed by atoms with E-state index in [0.29, 0.717) is 0 Å². The Bertz CT molecular complexity index is 224. The average molecular weight is 189 g/mol. The third-order valence-electron chi connectivity index (χ3n) is 2.75. The molecule has 0 fully saturated rings. The van der Waals surface area contributed by atoms with Gasteiger partial charge >= 0.3 is 5.97 Å². The van der Waals surface area contributed by atoms with Gasteiger partial charge in [-0.1, -0.05) is 6.92 Å². The van der Waals surface area contributed by atoms with E-state index in [1.54, 1.807) is 6.92 Å². The lowest BCUT2D eigenvalue weighted by molar-refractivity contribution is -0.530. The van der Waals surface area contributed by atoms with Gasteiger partial charge in [0.05, 0.1) is 5.41 Å². The van der Waals surface area contributed by atoms with Crippen molar-refractivity contribution in [1.29, 1.82) is 0 Å². The van der Waals surface area contributed by atoms with Crippen LogP contribution in [-0.2, 0) is 4.79 Å². The van der Waals surface area contributed by atoms with Gasteiger partial charge in [0.1, 0.15) is 0 Å². The van der Waals surface area contributed by atoms with Gasteiger partial charge in [-0.3, -0.25) is 14.9 Å². The zero-order chi connectivity index (χ0) is 10.8. The SMILES string of the molecule is CC(C(C)C(C)(C)C(=O)O)[N+](=O)[O-]. The van der Waals surface area contributed by atoms with Crippen LogP contribution in [0.5, 0.6) is 0 Å². The lowest BCUT2D eigenvalue weighted by atomic mass is 9.76. The second-order valence-corrected chi connectivity index (χ2v) is 3.84. The Morgan fingerprint density at radius 3 is 2.08 bits per heavy atom. The molecular weight excluding hydrogens is 174 g/mol.